The highest BCUT2D eigenvalue weighted by Crippen LogP contribution is 2.59. The molecule has 0 aromatic carbocycles. The number of rotatable bonds is 10. The average molecular weight is 384 g/mol. The van der Waals surface area contributed by atoms with E-state index in [-0.39, 0.29) is 34.7 Å². The van der Waals surface area contributed by atoms with E-state index >= 15 is 0 Å². The molecular formula is C19H29NO5S. The minimum atomic E-state index is -1.02. The van der Waals surface area contributed by atoms with E-state index in [2.05, 4.69) is 6.92 Å². The van der Waals surface area contributed by atoms with Crippen LogP contribution < -0.4 is 5.73 Å². The lowest BCUT2D eigenvalue weighted by Crippen LogP contribution is -2.41. The van der Waals surface area contributed by atoms with Gasteiger partial charge in [0.1, 0.15) is 11.8 Å². The second-order valence-corrected chi connectivity index (χ2v) is 9.52. The Labute approximate surface area is 158 Å². The Balaban J connectivity index is 1.65. The van der Waals surface area contributed by atoms with E-state index in [1.807, 2.05) is 0 Å². The molecule has 0 heterocycles. The topological polar surface area (TPSA) is 118 Å². The third-order valence-electron chi connectivity index (χ3n) is 6.58. The third-order valence-corrected chi connectivity index (χ3v) is 8.10. The van der Waals surface area contributed by atoms with Crippen LogP contribution in [-0.4, -0.2) is 45.0 Å². The van der Waals surface area contributed by atoms with Gasteiger partial charge in [-0.1, -0.05) is 19.8 Å². The number of ketones is 1. The van der Waals surface area contributed by atoms with Crippen molar-refractivity contribution < 1.29 is 24.6 Å². The number of Topliss-reactive ketones (excluding diaryl/α,β-unsaturated/α-hetero) is 1. The lowest BCUT2D eigenvalue weighted by Gasteiger charge is -2.33. The van der Waals surface area contributed by atoms with Crippen LogP contribution >= 0.6 is 11.8 Å². The SMILES string of the molecule is CCCCC1CC1C(=O)C1C2CC(CC2SC[C@@H](N)C(=O)O)C1C(=O)O. The van der Waals surface area contributed by atoms with E-state index in [9.17, 15) is 19.5 Å². The highest BCUT2D eigenvalue weighted by Gasteiger charge is 2.60. The molecule has 0 spiro atoms. The molecule has 0 aromatic rings. The fourth-order valence-electron chi connectivity index (χ4n) is 5.16. The summed E-state index contributed by atoms with van der Waals surface area (Å²) in [5.41, 5.74) is 5.60. The van der Waals surface area contributed by atoms with Gasteiger partial charge in [-0.2, -0.15) is 11.8 Å². The van der Waals surface area contributed by atoms with Crippen molar-refractivity contribution in [3.63, 3.8) is 0 Å². The predicted octanol–water partition coefficient (Wildman–Crippen LogP) is 2.25. The maximum Gasteiger partial charge on any atom is 0.321 e. The number of thioether (sulfide) groups is 1. The number of carboxylic acid groups (broad SMARTS) is 2. The first kappa shape index (κ1) is 19.7. The first-order valence-electron chi connectivity index (χ1n) is 9.71. The Morgan fingerprint density at radius 3 is 2.50 bits per heavy atom. The van der Waals surface area contributed by atoms with Gasteiger partial charge >= 0.3 is 11.9 Å². The Morgan fingerprint density at radius 1 is 1.15 bits per heavy atom. The Bertz CT molecular complexity index is 582. The van der Waals surface area contributed by atoms with Gasteiger partial charge in [-0.15, -0.1) is 0 Å². The normalized spacial score (nSPS) is 38.9. The summed E-state index contributed by atoms with van der Waals surface area (Å²) in [6.07, 6.45) is 5.76. The van der Waals surface area contributed by atoms with E-state index in [4.69, 9.17) is 10.8 Å². The lowest BCUT2D eigenvalue weighted by atomic mass is 9.75. The lowest BCUT2D eigenvalue weighted by molar-refractivity contribution is -0.149. The molecule has 3 saturated carbocycles. The van der Waals surface area contributed by atoms with Gasteiger partial charge in [-0.3, -0.25) is 14.4 Å². The molecule has 7 heteroatoms. The predicted molar refractivity (Wildman–Crippen MR) is 98.8 cm³/mol. The minimum Gasteiger partial charge on any atom is -0.481 e. The van der Waals surface area contributed by atoms with Crippen molar-refractivity contribution in [1.82, 2.24) is 0 Å². The molecule has 26 heavy (non-hydrogen) atoms. The quantitative estimate of drug-likeness (QED) is 0.529. The van der Waals surface area contributed by atoms with Crippen LogP contribution in [0.5, 0.6) is 0 Å². The molecule has 2 bridgehead atoms. The first-order valence-corrected chi connectivity index (χ1v) is 10.8. The molecular weight excluding hydrogens is 354 g/mol. The van der Waals surface area contributed by atoms with Crippen molar-refractivity contribution in [3.05, 3.63) is 0 Å². The molecule has 3 fully saturated rings. The van der Waals surface area contributed by atoms with Crippen LogP contribution in [0, 0.1) is 35.5 Å². The van der Waals surface area contributed by atoms with Crippen molar-refractivity contribution >= 4 is 29.5 Å². The molecule has 8 atom stereocenters. The molecule has 0 aliphatic heterocycles. The molecule has 0 amide bonds. The summed E-state index contributed by atoms with van der Waals surface area (Å²) in [6.45, 7) is 2.14. The van der Waals surface area contributed by atoms with Gasteiger partial charge in [0.25, 0.3) is 0 Å². The van der Waals surface area contributed by atoms with Crippen LogP contribution in [0.15, 0.2) is 0 Å². The number of unbranched alkanes of at least 4 members (excludes halogenated alkanes) is 1. The molecule has 0 radical (unpaired) electrons. The zero-order valence-corrected chi connectivity index (χ0v) is 16.0. The number of carbonyl (C=O) groups is 3. The monoisotopic (exact) mass is 383 g/mol. The number of hydrogen-bond acceptors (Lipinski definition) is 5. The van der Waals surface area contributed by atoms with Gasteiger partial charge < -0.3 is 15.9 Å². The fourth-order valence-corrected chi connectivity index (χ4v) is 6.67. The summed E-state index contributed by atoms with van der Waals surface area (Å²) in [6, 6.07) is -0.912. The van der Waals surface area contributed by atoms with Gasteiger partial charge in [0.15, 0.2) is 0 Å². The van der Waals surface area contributed by atoms with E-state index in [0.29, 0.717) is 11.7 Å². The number of hydrogen-bond donors (Lipinski definition) is 3. The van der Waals surface area contributed by atoms with Crippen molar-refractivity contribution in [2.75, 3.05) is 5.75 Å². The summed E-state index contributed by atoms with van der Waals surface area (Å²) in [5.74, 6) is -1.72. The molecule has 4 N–H and O–H groups in total. The number of carbonyl (C=O) groups excluding carboxylic acids is 1. The highest BCUT2D eigenvalue weighted by atomic mass is 32.2. The Kier molecular flexibility index (Phi) is 5.97. The van der Waals surface area contributed by atoms with Crippen LogP contribution in [0.25, 0.3) is 0 Å². The number of fused-ring (bicyclic) bond motifs is 2. The number of nitrogens with two attached hydrogens (primary N) is 1. The van der Waals surface area contributed by atoms with Crippen LogP contribution in [0.4, 0.5) is 0 Å². The molecule has 146 valence electrons. The van der Waals surface area contributed by atoms with Crippen molar-refractivity contribution in [1.29, 1.82) is 0 Å². The molecule has 0 aromatic heterocycles. The second-order valence-electron chi connectivity index (χ2n) is 8.25. The first-order chi connectivity index (χ1) is 12.3. The summed E-state index contributed by atoms with van der Waals surface area (Å²) in [7, 11) is 0. The van der Waals surface area contributed by atoms with Gasteiger partial charge in [-0.25, -0.2) is 0 Å². The standard InChI is InChI=1S/C19H29NO5S/c1-2-3-4-9-5-11(9)17(21)16-12-6-10(15(16)19(24)25)7-14(12)26-8-13(20)18(22)23/h9-16H,2-8,20H2,1H3,(H,22,23)(H,24,25)/t9?,10?,11?,12?,13-,14?,15?,16?/m1/s1. The minimum absolute atomic E-state index is 0.0397. The van der Waals surface area contributed by atoms with Crippen molar-refractivity contribution in [2.24, 2.45) is 41.2 Å². The largest absolute Gasteiger partial charge is 0.481 e. The number of aliphatic carboxylic acids is 2. The number of carboxylic acids is 2. The Hall–Kier alpha value is -1.08. The molecule has 3 aliphatic rings. The van der Waals surface area contributed by atoms with Gasteiger partial charge in [0, 0.05) is 22.8 Å². The second kappa shape index (κ2) is 7.89. The highest BCUT2D eigenvalue weighted by molar-refractivity contribution is 8.00. The summed E-state index contributed by atoms with van der Waals surface area (Å²) < 4.78 is 0. The third kappa shape index (κ3) is 3.79. The Morgan fingerprint density at radius 2 is 1.88 bits per heavy atom. The maximum absolute atomic E-state index is 13.1. The summed E-state index contributed by atoms with van der Waals surface area (Å²) in [4.78, 5) is 35.8. The van der Waals surface area contributed by atoms with Gasteiger partial charge in [0.2, 0.25) is 0 Å². The molecule has 7 unspecified atom stereocenters. The van der Waals surface area contributed by atoms with Crippen LogP contribution in [0.3, 0.4) is 0 Å². The fraction of sp³-hybridized carbons (Fsp3) is 0.842. The van der Waals surface area contributed by atoms with E-state index in [0.717, 1.165) is 38.5 Å². The summed E-state index contributed by atoms with van der Waals surface area (Å²) in [5, 5.41) is 18.8. The van der Waals surface area contributed by atoms with E-state index < -0.39 is 23.9 Å². The zero-order chi connectivity index (χ0) is 19.0. The molecule has 0 saturated heterocycles. The van der Waals surface area contributed by atoms with E-state index in [1.165, 1.54) is 11.8 Å². The van der Waals surface area contributed by atoms with Gasteiger partial charge in [-0.05, 0) is 43.4 Å². The smallest absolute Gasteiger partial charge is 0.321 e. The van der Waals surface area contributed by atoms with Crippen LogP contribution in [0.2, 0.25) is 0 Å². The molecule has 3 rings (SSSR count). The zero-order valence-electron chi connectivity index (χ0n) is 15.2. The van der Waals surface area contributed by atoms with Crippen molar-refractivity contribution in [2.45, 2.75) is 56.7 Å². The van der Waals surface area contributed by atoms with Crippen LogP contribution in [-0.2, 0) is 14.4 Å². The molecule has 6 nitrogen and oxygen atoms in total. The molecule has 3 aliphatic carbocycles. The van der Waals surface area contributed by atoms with E-state index in [1.54, 1.807) is 0 Å². The van der Waals surface area contributed by atoms with Crippen molar-refractivity contribution in [3.8, 4) is 0 Å². The average Bonchev–Trinajstić information content (AvgIpc) is 3.12. The maximum atomic E-state index is 13.1. The van der Waals surface area contributed by atoms with Gasteiger partial charge in [0.05, 0.1) is 5.92 Å². The summed E-state index contributed by atoms with van der Waals surface area (Å²) >= 11 is 1.51. The van der Waals surface area contributed by atoms with Crippen LogP contribution in [0.1, 0.15) is 45.4 Å².